The lowest BCUT2D eigenvalue weighted by atomic mass is 9.81. The van der Waals surface area contributed by atoms with E-state index in [-0.39, 0.29) is 26.4 Å². The summed E-state index contributed by atoms with van der Waals surface area (Å²) in [6.07, 6.45) is 17.2. The Bertz CT molecular complexity index is 3780. The number of ether oxygens (including phenoxy) is 21. The summed E-state index contributed by atoms with van der Waals surface area (Å²) >= 11 is 0. The fraction of sp³-hybridized carbons (Fsp3) is 0.558. The Balaban J connectivity index is 0.000000234. The standard InChI is InChI=1S/C14H12O5.C12H12O5.C12H14O5.C11H14O5.C10H14O5.C9H10O5.C9H14O5/c1-2-8-17-13(15)12-11(18-14(16)19-12)9-10-6-4-3-5-7-10;1-15-11(13)10-9(16-12(14)17-10)7-8-5-3-2-4-6-8;1-2-8-15-10(13)9-12(17-11(14)16-9)6-4-3-5-7-12;1-4-7-14-9(12)8-11(5-2,6-3)16-10(13)15-8;1-13-8(11)7-10(15-9(12)14-7)5-3-2-4-6-10;1-4-5-12-7(10)6-9(2,3)14-8(11)13-6;1-4-9(5-2)6(7(10)12-3)13-8(11)14-9/h1,3-7,11-12H,8-9H2;2-6,9-10H,7H2,1H3;1,9H,3-8H2;1,8H,5-7H2,2-3H3;7H,2-6H2,1H3;1,6H,5H2,2-3H3;6H,4-5H2,1-3H3. The summed E-state index contributed by atoms with van der Waals surface area (Å²) in [4.78, 5) is 158. The van der Waals surface area contributed by atoms with Crippen LogP contribution in [0.5, 0.6) is 0 Å². The van der Waals surface area contributed by atoms with Gasteiger partial charge in [0, 0.05) is 12.8 Å². The van der Waals surface area contributed by atoms with Crippen LogP contribution in [-0.4, -0.2) is 216 Å². The first-order chi connectivity index (χ1) is 53.4. The molecule has 2 saturated carbocycles. The fourth-order valence-corrected chi connectivity index (χ4v) is 12.5. The van der Waals surface area contributed by atoms with E-state index in [0.29, 0.717) is 64.2 Å². The molecule has 7 heterocycles. The van der Waals surface area contributed by atoms with Crippen LogP contribution in [0.1, 0.15) is 143 Å². The van der Waals surface area contributed by atoms with Gasteiger partial charge in [0.25, 0.3) is 0 Å². The van der Waals surface area contributed by atoms with Crippen LogP contribution < -0.4 is 0 Å². The molecular weight excluding hydrogens is 1480 g/mol. The van der Waals surface area contributed by atoms with Crippen LogP contribution in [0.15, 0.2) is 60.7 Å². The average Bonchev–Trinajstić information content (AvgIpc) is 1.63. The molecule has 11 rings (SSSR count). The van der Waals surface area contributed by atoms with Crippen molar-refractivity contribution in [2.75, 3.05) is 47.8 Å². The Kier molecular flexibility index (Phi) is 35.0. The van der Waals surface area contributed by atoms with Crippen molar-refractivity contribution in [1.29, 1.82) is 0 Å². The van der Waals surface area contributed by atoms with Gasteiger partial charge in [-0.25, -0.2) is 67.1 Å². The molecule has 9 unspecified atom stereocenters. The van der Waals surface area contributed by atoms with E-state index >= 15 is 0 Å². The van der Waals surface area contributed by atoms with E-state index in [2.05, 4.69) is 47.4 Å². The number of cyclic esters (lactones) is 12. The van der Waals surface area contributed by atoms with Crippen molar-refractivity contribution in [1.82, 2.24) is 0 Å². The van der Waals surface area contributed by atoms with Gasteiger partial charge in [0.1, 0.15) is 0 Å². The minimum Gasteiger partial charge on any atom is -0.466 e. The summed E-state index contributed by atoms with van der Waals surface area (Å²) in [5.74, 6) is 4.33. The van der Waals surface area contributed by atoms with Crippen LogP contribution >= 0.6 is 0 Å². The molecule has 608 valence electrons. The maximum Gasteiger partial charge on any atom is 0.509 e. The molecule has 2 aromatic rings. The minimum absolute atomic E-state index is 0.122. The molecule has 0 amide bonds. The van der Waals surface area contributed by atoms with Gasteiger partial charge in [-0.1, -0.05) is 125 Å². The van der Waals surface area contributed by atoms with E-state index in [1.54, 1.807) is 13.8 Å². The van der Waals surface area contributed by atoms with E-state index in [9.17, 15) is 67.1 Å². The maximum atomic E-state index is 11.7. The van der Waals surface area contributed by atoms with Crippen molar-refractivity contribution >= 4 is 84.9 Å². The molecule has 2 aromatic carbocycles. The Labute approximate surface area is 645 Å². The highest BCUT2D eigenvalue weighted by Gasteiger charge is 2.59. The zero-order valence-electron chi connectivity index (χ0n) is 63.2. The smallest absolute Gasteiger partial charge is 0.466 e. The van der Waals surface area contributed by atoms with E-state index in [4.69, 9.17) is 101 Å². The lowest BCUT2D eigenvalue weighted by Gasteiger charge is -2.32. The van der Waals surface area contributed by atoms with Gasteiger partial charge in [0.05, 0.1) is 21.3 Å². The quantitative estimate of drug-likeness (QED) is 0.0723. The molecule has 35 heteroatoms. The number of carbonyl (C=O) groups is 14. The number of rotatable bonds is 19. The Hall–Kier alpha value is -12.1. The van der Waals surface area contributed by atoms with Crippen LogP contribution in [0.2, 0.25) is 0 Å². The molecule has 9 atom stereocenters. The number of benzene rings is 2. The van der Waals surface area contributed by atoms with Crippen LogP contribution in [0, 0.1) is 49.4 Å². The number of hydrogen-bond donors (Lipinski definition) is 0. The highest BCUT2D eigenvalue weighted by molar-refractivity contribution is 5.85. The average molecular weight is 1580 g/mol. The molecule has 112 heavy (non-hydrogen) atoms. The molecule has 9 fully saturated rings. The summed E-state index contributed by atoms with van der Waals surface area (Å²) < 4.78 is 101. The maximum absolute atomic E-state index is 11.7. The molecule has 2 spiro atoms. The van der Waals surface area contributed by atoms with Gasteiger partial charge in [-0.3, -0.25) is 0 Å². The number of methoxy groups -OCH3 is 3. The monoisotopic (exact) mass is 1570 g/mol. The zero-order chi connectivity index (χ0) is 82.8. The zero-order valence-corrected chi connectivity index (χ0v) is 63.2. The summed E-state index contributed by atoms with van der Waals surface area (Å²) in [7, 11) is 3.78. The van der Waals surface area contributed by atoms with Crippen molar-refractivity contribution in [3.63, 3.8) is 0 Å². The molecule has 9 aliphatic rings. The molecule has 0 bridgehead atoms. The third-order valence-corrected chi connectivity index (χ3v) is 18.4. The Morgan fingerprint density at radius 3 is 1.00 bits per heavy atom. The van der Waals surface area contributed by atoms with Gasteiger partial charge in [-0.15, -0.1) is 25.7 Å². The SMILES string of the molecule is C#CCOC(=O)C1OC(=O)OC1(C)C.C#CCOC(=O)C1OC(=O)OC1(CC)CC.C#CCOC(=O)C1OC(=O)OC12CCCCC2.C#CCOC(=O)C1OC(=O)OC1Cc1ccccc1.CCC1(CC)OC(=O)OC1C(=O)OC.COC(=O)C1OC(=O)OC12CCCCC2.COC(=O)C1OC(=O)OC1Cc1ccccc1. The second-order valence-corrected chi connectivity index (χ2v) is 25.7. The second kappa shape index (κ2) is 43.3. The lowest BCUT2D eigenvalue weighted by molar-refractivity contribution is -0.157. The molecule has 0 aromatic heterocycles. The molecule has 7 saturated heterocycles. The highest BCUT2D eigenvalue weighted by atomic mass is 16.8. The summed E-state index contributed by atoms with van der Waals surface area (Å²) in [5, 5.41) is 0. The number of terminal acetylenes is 4. The van der Waals surface area contributed by atoms with Crippen molar-refractivity contribution in [2.24, 2.45) is 0 Å². The molecule has 0 N–H and O–H groups in total. The van der Waals surface area contributed by atoms with Gasteiger partial charge < -0.3 is 99.5 Å². The number of carbonyl (C=O) groups excluding carboxylic acids is 14. The first-order valence-electron chi connectivity index (χ1n) is 35.4. The van der Waals surface area contributed by atoms with Gasteiger partial charge in [-0.05, 0) is 102 Å². The molecule has 2 aliphatic carbocycles. The molecular formula is C77H90O35. The third kappa shape index (κ3) is 24.7. The Morgan fingerprint density at radius 2 is 0.652 bits per heavy atom. The van der Waals surface area contributed by atoms with Crippen LogP contribution in [-0.2, 0) is 146 Å². The van der Waals surface area contributed by atoms with E-state index in [1.165, 1.54) is 21.3 Å². The van der Waals surface area contributed by atoms with E-state index < -0.39 is 168 Å². The summed E-state index contributed by atoms with van der Waals surface area (Å²) in [5.41, 5.74) is -2.50. The number of esters is 7. The second-order valence-electron chi connectivity index (χ2n) is 25.7. The number of hydrogen-bond acceptors (Lipinski definition) is 35. The largest absolute Gasteiger partial charge is 0.509 e. The first kappa shape index (κ1) is 90.5. The van der Waals surface area contributed by atoms with Crippen LogP contribution in [0.3, 0.4) is 0 Å². The van der Waals surface area contributed by atoms with Gasteiger partial charge >= 0.3 is 84.9 Å². The van der Waals surface area contributed by atoms with Crippen molar-refractivity contribution < 1.29 is 167 Å². The summed E-state index contributed by atoms with van der Waals surface area (Å²) in [6, 6.07) is 18.8. The molecule has 35 nitrogen and oxygen atoms in total. The van der Waals surface area contributed by atoms with Gasteiger partial charge in [0.15, 0.2) is 66.6 Å². The van der Waals surface area contributed by atoms with Crippen molar-refractivity contribution in [3.05, 3.63) is 71.8 Å². The summed E-state index contributed by atoms with van der Waals surface area (Å²) in [6.45, 7) is 9.83. The predicted molar refractivity (Wildman–Crippen MR) is 375 cm³/mol. The first-order valence-corrected chi connectivity index (χ1v) is 35.4. The van der Waals surface area contributed by atoms with Crippen LogP contribution in [0.4, 0.5) is 33.6 Å². The minimum atomic E-state index is -1.07. The van der Waals surface area contributed by atoms with Crippen molar-refractivity contribution in [3.8, 4) is 49.4 Å². The van der Waals surface area contributed by atoms with E-state index in [1.807, 2.05) is 88.4 Å². The highest BCUT2D eigenvalue weighted by Crippen LogP contribution is 2.43. The van der Waals surface area contributed by atoms with Gasteiger partial charge in [-0.2, -0.15) is 0 Å². The topological polar surface area (TPSA) is 433 Å². The van der Waals surface area contributed by atoms with Crippen LogP contribution in [0.25, 0.3) is 0 Å². The Morgan fingerprint density at radius 1 is 0.357 bits per heavy atom. The van der Waals surface area contributed by atoms with Gasteiger partial charge in [0.2, 0.25) is 42.7 Å². The molecule has 7 aliphatic heterocycles. The fourth-order valence-electron chi connectivity index (χ4n) is 12.5. The van der Waals surface area contributed by atoms with E-state index in [0.717, 1.165) is 49.7 Å². The lowest BCUT2D eigenvalue weighted by Crippen LogP contribution is -2.46. The third-order valence-electron chi connectivity index (χ3n) is 18.4. The molecule has 0 radical (unpaired) electrons. The normalized spacial score (nSPS) is 23.8. The predicted octanol–water partition coefficient (Wildman–Crippen LogP) is 8.40. The van der Waals surface area contributed by atoms with Crippen molar-refractivity contribution in [2.45, 2.75) is 227 Å².